The third kappa shape index (κ3) is 5.32. The number of carbonyl (C=O) groups is 2. The SMILES string of the molecule is O=C(NCc1cccc(C(F)(F)F)c1)[C@@H]1COCC(=O)N1Cc1ccc(F)cc1. The van der Waals surface area contributed by atoms with E-state index in [1.165, 1.54) is 41.3 Å². The van der Waals surface area contributed by atoms with Crippen LogP contribution in [0.2, 0.25) is 0 Å². The first-order chi connectivity index (χ1) is 13.7. The van der Waals surface area contributed by atoms with E-state index in [9.17, 15) is 27.2 Å². The van der Waals surface area contributed by atoms with Crippen LogP contribution in [0.5, 0.6) is 0 Å². The van der Waals surface area contributed by atoms with Crippen molar-refractivity contribution < 1.29 is 31.9 Å². The van der Waals surface area contributed by atoms with Gasteiger partial charge in [0.25, 0.3) is 0 Å². The average molecular weight is 410 g/mol. The molecule has 1 saturated heterocycles. The molecule has 9 heteroatoms. The molecule has 1 aliphatic rings. The molecule has 0 unspecified atom stereocenters. The summed E-state index contributed by atoms with van der Waals surface area (Å²) in [5.41, 5.74) is 0.108. The Kier molecular flexibility index (Phi) is 6.17. The minimum atomic E-state index is -4.48. The minimum absolute atomic E-state index is 0.0403. The second-order valence-corrected chi connectivity index (χ2v) is 6.59. The average Bonchev–Trinajstić information content (AvgIpc) is 2.69. The number of amides is 2. The molecule has 0 spiro atoms. The Morgan fingerprint density at radius 2 is 1.86 bits per heavy atom. The molecule has 29 heavy (non-hydrogen) atoms. The Bertz CT molecular complexity index is 884. The molecule has 5 nitrogen and oxygen atoms in total. The first-order valence-corrected chi connectivity index (χ1v) is 8.79. The molecule has 1 N–H and O–H groups in total. The topological polar surface area (TPSA) is 58.6 Å². The molecular weight excluding hydrogens is 392 g/mol. The zero-order chi connectivity index (χ0) is 21.0. The van der Waals surface area contributed by atoms with Gasteiger partial charge in [0.05, 0.1) is 12.2 Å². The first kappa shape index (κ1) is 20.8. The molecule has 154 valence electrons. The van der Waals surface area contributed by atoms with Crippen LogP contribution in [-0.4, -0.2) is 36.0 Å². The lowest BCUT2D eigenvalue weighted by molar-refractivity contribution is -0.155. The van der Waals surface area contributed by atoms with Gasteiger partial charge in [0.15, 0.2) is 0 Å². The van der Waals surface area contributed by atoms with Crippen molar-refractivity contribution in [1.29, 1.82) is 0 Å². The summed E-state index contributed by atoms with van der Waals surface area (Å²) in [4.78, 5) is 26.1. The van der Waals surface area contributed by atoms with Gasteiger partial charge < -0.3 is 15.0 Å². The van der Waals surface area contributed by atoms with Crippen LogP contribution in [-0.2, 0) is 33.6 Å². The van der Waals surface area contributed by atoms with Gasteiger partial charge in [0.2, 0.25) is 11.8 Å². The van der Waals surface area contributed by atoms with Crippen LogP contribution in [0.25, 0.3) is 0 Å². The Morgan fingerprint density at radius 1 is 1.14 bits per heavy atom. The second-order valence-electron chi connectivity index (χ2n) is 6.59. The highest BCUT2D eigenvalue weighted by Gasteiger charge is 2.34. The van der Waals surface area contributed by atoms with E-state index < -0.39 is 35.4 Å². The fourth-order valence-electron chi connectivity index (χ4n) is 2.97. The summed E-state index contributed by atoms with van der Waals surface area (Å²) >= 11 is 0. The summed E-state index contributed by atoms with van der Waals surface area (Å²) in [6, 6.07) is 9.22. The van der Waals surface area contributed by atoms with Gasteiger partial charge in [-0.1, -0.05) is 24.3 Å². The van der Waals surface area contributed by atoms with E-state index in [2.05, 4.69) is 5.32 Å². The molecule has 1 aliphatic heterocycles. The third-order valence-electron chi connectivity index (χ3n) is 4.49. The summed E-state index contributed by atoms with van der Waals surface area (Å²) in [6.07, 6.45) is -4.48. The van der Waals surface area contributed by atoms with Crippen molar-refractivity contribution in [2.24, 2.45) is 0 Å². The lowest BCUT2D eigenvalue weighted by Crippen LogP contribution is -2.55. The summed E-state index contributed by atoms with van der Waals surface area (Å²) in [6.45, 7) is -0.262. The number of halogens is 4. The zero-order valence-electron chi connectivity index (χ0n) is 15.2. The van der Waals surface area contributed by atoms with Gasteiger partial charge in [-0.25, -0.2) is 4.39 Å². The maximum atomic E-state index is 13.1. The third-order valence-corrected chi connectivity index (χ3v) is 4.49. The van der Waals surface area contributed by atoms with Crippen molar-refractivity contribution in [3.8, 4) is 0 Å². The van der Waals surface area contributed by atoms with E-state index in [1.807, 2.05) is 0 Å². The summed E-state index contributed by atoms with van der Waals surface area (Å²) in [5.74, 6) is -1.37. The van der Waals surface area contributed by atoms with Crippen LogP contribution >= 0.6 is 0 Å². The molecule has 0 radical (unpaired) electrons. The quantitative estimate of drug-likeness (QED) is 0.772. The van der Waals surface area contributed by atoms with Gasteiger partial charge in [0.1, 0.15) is 18.5 Å². The highest BCUT2D eigenvalue weighted by molar-refractivity contribution is 5.89. The lowest BCUT2D eigenvalue weighted by Gasteiger charge is -2.34. The Balaban J connectivity index is 1.67. The van der Waals surface area contributed by atoms with Crippen LogP contribution < -0.4 is 5.32 Å². The normalized spacial score (nSPS) is 17.3. The maximum Gasteiger partial charge on any atom is 0.416 e. The van der Waals surface area contributed by atoms with Gasteiger partial charge in [-0.2, -0.15) is 13.2 Å². The molecule has 2 aromatic carbocycles. The Morgan fingerprint density at radius 3 is 2.55 bits per heavy atom. The number of morpholine rings is 1. The van der Waals surface area contributed by atoms with E-state index in [-0.39, 0.29) is 31.9 Å². The minimum Gasteiger partial charge on any atom is -0.369 e. The van der Waals surface area contributed by atoms with Crippen LogP contribution in [0.4, 0.5) is 17.6 Å². The molecule has 0 bridgehead atoms. The van der Waals surface area contributed by atoms with Crippen molar-refractivity contribution in [2.75, 3.05) is 13.2 Å². The fraction of sp³-hybridized carbons (Fsp3) is 0.300. The van der Waals surface area contributed by atoms with Gasteiger partial charge in [0, 0.05) is 13.1 Å². The molecule has 2 amide bonds. The summed E-state index contributed by atoms with van der Waals surface area (Å²) in [5, 5.41) is 2.55. The van der Waals surface area contributed by atoms with E-state index in [4.69, 9.17) is 4.74 Å². The van der Waals surface area contributed by atoms with Crippen LogP contribution in [0.1, 0.15) is 16.7 Å². The predicted octanol–water partition coefficient (Wildman–Crippen LogP) is 2.89. The monoisotopic (exact) mass is 410 g/mol. The van der Waals surface area contributed by atoms with E-state index >= 15 is 0 Å². The first-order valence-electron chi connectivity index (χ1n) is 8.79. The molecule has 2 aromatic rings. The van der Waals surface area contributed by atoms with Crippen molar-refractivity contribution >= 4 is 11.8 Å². The Labute approximate surface area is 164 Å². The van der Waals surface area contributed by atoms with Crippen molar-refractivity contribution in [1.82, 2.24) is 10.2 Å². The van der Waals surface area contributed by atoms with E-state index in [0.29, 0.717) is 5.56 Å². The predicted molar refractivity (Wildman–Crippen MR) is 94.8 cm³/mol. The van der Waals surface area contributed by atoms with Crippen molar-refractivity contribution in [3.63, 3.8) is 0 Å². The highest BCUT2D eigenvalue weighted by Crippen LogP contribution is 2.29. The second kappa shape index (κ2) is 8.60. The molecular formula is C20H18F4N2O3. The number of ether oxygens (including phenoxy) is 1. The number of benzene rings is 2. The van der Waals surface area contributed by atoms with E-state index in [1.54, 1.807) is 0 Å². The van der Waals surface area contributed by atoms with Gasteiger partial charge in [-0.3, -0.25) is 9.59 Å². The van der Waals surface area contributed by atoms with Gasteiger partial charge in [-0.15, -0.1) is 0 Å². The Hall–Kier alpha value is -2.94. The van der Waals surface area contributed by atoms with Crippen LogP contribution in [0, 0.1) is 5.82 Å². The fourth-order valence-corrected chi connectivity index (χ4v) is 2.97. The number of hydrogen-bond donors (Lipinski definition) is 1. The number of alkyl halides is 3. The van der Waals surface area contributed by atoms with Crippen LogP contribution in [0.15, 0.2) is 48.5 Å². The molecule has 0 aliphatic carbocycles. The molecule has 0 saturated carbocycles. The van der Waals surface area contributed by atoms with Gasteiger partial charge >= 0.3 is 6.18 Å². The lowest BCUT2D eigenvalue weighted by atomic mass is 10.1. The molecule has 3 rings (SSSR count). The number of nitrogens with one attached hydrogen (secondary N) is 1. The smallest absolute Gasteiger partial charge is 0.369 e. The number of hydrogen-bond acceptors (Lipinski definition) is 3. The molecule has 0 aromatic heterocycles. The standard InChI is InChI=1S/C20H18F4N2O3/c21-16-6-4-13(5-7-16)10-26-17(11-29-12-18(26)27)19(28)25-9-14-2-1-3-15(8-14)20(22,23)24/h1-8,17H,9-12H2,(H,25,28)/t17-/m0/s1. The van der Waals surface area contributed by atoms with Crippen molar-refractivity contribution in [3.05, 3.63) is 71.0 Å². The number of carbonyl (C=O) groups excluding carboxylic acids is 2. The largest absolute Gasteiger partial charge is 0.416 e. The van der Waals surface area contributed by atoms with E-state index in [0.717, 1.165) is 12.1 Å². The maximum absolute atomic E-state index is 13.1. The van der Waals surface area contributed by atoms with Gasteiger partial charge in [-0.05, 0) is 35.4 Å². The molecule has 1 heterocycles. The highest BCUT2D eigenvalue weighted by atomic mass is 19.4. The number of nitrogens with zero attached hydrogens (tertiary/aromatic N) is 1. The van der Waals surface area contributed by atoms with Crippen LogP contribution in [0.3, 0.4) is 0 Å². The zero-order valence-corrected chi connectivity index (χ0v) is 15.2. The number of rotatable bonds is 5. The summed E-state index contributed by atoms with van der Waals surface area (Å²) in [7, 11) is 0. The molecule has 1 atom stereocenters. The van der Waals surface area contributed by atoms with Crippen molar-refractivity contribution in [2.45, 2.75) is 25.3 Å². The molecule has 1 fully saturated rings. The summed E-state index contributed by atoms with van der Waals surface area (Å²) < 4.78 is 56.7.